The van der Waals surface area contributed by atoms with E-state index >= 15 is 0 Å². The van der Waals surface area contributed by atoms with E-state index < -0.39 is 90.0 Å². The Morgan fingerprint density at radius 2 is 1.48 bits per heavy atom. The Balaban J connectivity index is 2.66. The Morgan fingerprint density at radius 3 is 1.98 bits per heavy atom. The normalized spacial score (nSPS) is 26.0. The molecule has 2 N–H and O–H groups in total. The molecule has 1 aliphatic heterocycles. The van der Waals surface area contributed by atoms with E-state index in [2.05, 4.69) is 10.6 Å². The van der Waals surface area contributed by atoms with Crippen molar-refractivity contribution in [2.24, 2.45) is 29.6 Å². The van der Waals surface area contributed by atoms with Gasteiger partial charge in [-0.1, -0.05) is 73.9 Å². The van der Waals surface area contributed by atoms with E-state index in [4.69, 9.17) is 9.47 Å². The molecule has 0 bridgehead atoms. The van der Waals surface area contributed by atoms with Crippen LogP contribution in [0.15, 0.2) is 24.3 Å². The van der Waals surface area contributed by atoms with Gasteiger partial charge in [0.1, 0.15) is 23.6 Å². The van der Waals surface area contributed by atoms with Crippen molar-refractivity contribution in [2.75, 3.05) is 27.7 Å². The standard InChI is InChI=1S/C36H56N4O8/c1-12-13-26-23(8)31(42)29(20(2)3)34(44)40(10)30(21(4)5)36(46)48-32(22(6)7)35(45)39(9)27(33(43)37-19-28(41)38-26)18-24-14-16-25(47-11)17-15-24/h14-17,20-23,26-27,29-30,32H,12-13,18-19H2,1-11H3,(H,37,43)(H,38,41)/t23?,26?,27?,29?,30-,32?/m0/s1. The summed E-state index contributed by atoms with van der Waals surface area (Å²) in [7, 11) is 4.48. The number of nitrogens with one attached hydrogen (secondary N) is 2. The zero-order valence-electron chi connectivity index (χ0n) is 30.5. The number of carbonyl (C=O) groups excluding carboxylic acids is 6. The summed E-state index contributed by atoms with van der Waals surface area (Å²) in [6.45, 7) is 13.7. The fourth-order valence-corrected chi connectivity index (χ4v) is 6.16. The van der Waals surface area contributed by atoms with Crippen LogP contribution in [-0.2, 0) is 39.9 Å². The molecule has 2 rings (SSSR count). The van der Waals surface area contributed by atoms with E-state index in [0.29, 0.717) is 18.6 Å². The van der Waals surface area contributed by atoms with Crippen molar-refractivity contribution in [2.45, 2.75) is 98.9 Å². The van der Waals surface area contributed by atoms with Gasteiger partial charge in [-0.25, -0.2) is 4.79 Å². The number of esters is 1. The highest BCUT2D eigenvalue weighted by atomic mass is 16.6. The molecule has 1 aliphatic rings. The number of cyclic esters (lactones) is 1. The fourth-order valence-electron chi connectivity index (χ4n) is 6.16. The molecular formula is C36H56N4O8. The van der Waals surface area contributed by atoms with Gasteiger partial charge in [-0.2, -0.15) is 0 Å². The van der Waals surface area contributed by atoms with Crippen LogP contribution in [0.1, 0.15) is 73.8 Å². The lowest BCUT2D eigenvalue weighted by Crippen LogP contribution is -2.57. The Morgan fingerprint density at radius 1 is 0.875 bits per heavy atom. The zero-order chi connectivity index (χ0) is 36.5. The molecule has 4 amide bonds. The van der Waals surface area contributed by atoms with Crippen molar-refractivity contribution in [3.63, 3.8) is 0 Å². The number of amides is 4. The number of Topliss-reactive ketones (excluding diaryl/α,β-unsaturated/α-hetero) is 1. The summed E-state index contributed by atoms with van der Waals surface area (Å²) < 4.78 is 11.1. The molecule has 0 saturated carbocycles. The minimum Gasteiger partial charge on any atom is -0.497 e. The molecule has 0 aromatic heterocycles. The van der Waals surface area contributed by atoms with E-state index in [1.807, 2.05) is 6.92 Å². The van der Waals surface area contributed by atoms with Crippen molar-refractivity contribution in [1.82, 2.24) is 20.4 Å². The summed E-state index contributed by atoms with van der Waals surface area (Å²) in [6.07, 6.45) is -0.0520. The first-order valence-corrected chi connectivity index (χ1v) is 16.9. The molecule has 1 aromatic carbocycles. The topological polar surface area (TPSA) is 151 Å². The summed E-state index contributed by atoms with van der Waals surface area (Å²) in [6, 6.07) is 4.29. The van der Waals surface area contributed by atoms with Crippen LogP contribution in [0.4, 0.5) is 0 Å². The first kappa shape index (κ1) is 40.2. The number of hydrogen-bond acceptors (Lipinski definition) is 8. The van der Waals surface area contributed by atoms with Crippen LogP contribution >= 0.6 is 0 Å². The van der Waals surface area contributed by atoms with E-state index in [0.717, 1.165) is 5.56 Å². The molecule has 0 aliphatic carbocycles. The summed E-state index contributed by atoms with van der Waals surface area (Å²) >= 11 is 0. The highest BCUT2D eigenvalue weighted by molar-refractivity contribution is 6.04. The van der Waals surface area contributed by atoms with E-state index in [9.17, 15) is 28.8 Å². The van der Waals surface area contributed by atoms with Crippen LogP contribution in [-0.4, -0.2) is 97.2 Å². The van der Waals surface area contributed by atoms with Crippen LogP contribution < -0.4 is 15.4 Å². The van der Waals surface area contributed by atoms with Crippen molar-refractivity contribution in [3.8, 4) is 5.75 Å². The number of benzene rings is 1. The van der Waals surface area contributed by atoms with Gasteiger partial charge in [0.2, 0.25) is 17.7 Å². The predicted octanol–water partition coefficient (Wildman–Crippen LogP) is 3.01. The van der Waals surface area contributed by atoms with E-state index in [1.165, 1.54) is 23.9 Å². The van der Waals surface area contributed by atoms with Gasteiger partial charge in [0.25, 0.3) is 5.91 Å². The van der Waals surface area contributed by atoms with Gasteiger partial charge in [0.15, 0.2) is 6.10 Å². The van der Waals surface area contributed by atoms with Gasteiger partial charge in [0, 0.05) is 32.5 Å². The third kappa shape index (κ3) is 10.0. The molecule has 0 radical (unpaired) electrons. The molecule has 1 aromatic rings. The third-order valence-electron chi connectivity index (χ3n) is 9.10. The number of hydrogen-bond donors (Lipinski definition) is 2. The largest absolute Gasteiger partial charge is 0.497 e. The second-order valence-electron chi connectivity index (χ2n) is 13.8. The van der Waals surface area contributed by atoms with Gasteiger partial charge in [-0.05, 0) is 41.9 Å². The molecule has 1 fully saturated rings. The SMILES string of the molecule is CCCC1NC(=O)CNC(=O)C(Cc2ccc(OC)cc2)N(C)C(=O)C(C(C)C)OC(=O)[C@H](C(C)C)N(C)C(=O)C(C(C)C)C(=O)C1C. The third-order valence-corrected chi connectivity index (χ3v) is 9.10. The van der Waals surface area contributed by atoms with Gasteiger partial charge in [-0.15, -0.1) is 0 Å². The molecule has 5 unspecified atom stereocenters. The molecular weight excluding hydrogens is 616 g/mol. The Labute approximate surface area is 285 Å². The average molecular weight is 673 g/mol. The summed E-state index contributed by atoms with van der Waals surface area (Å²) in [5.74, 6) is -5.84. The van der Waals surface area contributed by atoms with Gasteiger partial charge < -0.3 is 29.9 Å². The molecule has 1 heterocycles. The van der Waals surface area contributed by atoms with Gasteiger partial charge in [0.05, 0.1) is 19.6 Å². The number of ether oxygens (including phenoxy) is 2. The minimum absolute atomic E-state index is 0.102. The van der Waals surface area contributed by atoms with Crippen molar-refractivity contribution >= 4 is 35.4 Å². The molecule has 12 heteroatoms. The summed E-state index contributed by atoms with van der Waals surface area (Å²) in [5.41, 5.74) is 0.732. The number of rotatable bonds is 8. The molecule has 268 valence electrons. The Hall–Kier alpha value is -3.96. The smallest absolute Gasteiger partial charge is 0.329 e. The number of methoxy groups -OCH3 is 1. The lowest BCUT2D eigenvalue weighted by molar-refractivity contribution is -0.172. The van der Waals surface area contributed by atoms with Crippen LogP contribution in [0.5, 0.6) is 5.75 Å². The number of nitrogens with zero attached hydrogens (tertiary/aromatic N) is 2. The second kappa shape index (κ2) is 18.0. The first-order valence-electron chi connectivity index (χ1n) is 16.9. The Bertz CT molecular complexity index is 1300. The zero-order valence-corrected chi connectivity index (χ0v) is 30.5. The van der Waals surface area contributed by atoms with Gasteiger partial charge in [-0.3, -0.25) is 24.0 Å². The molecule has 12 nitrogen and oxygen atoms in total. The van der Waals surface area contributed by atoms with Crippen LogP contribution in [0, 0.1) is 29.6 Å². The maximum absolute atomic E-state index is 14.0. The predicted molar refractivity (Wildman–Crippen MR) is 182 cm³/mol. The fraction of sp³-hybridized carbons (Fsp3) is 0.667. The monoisotopic (exact) mass is 672 g/mol. The summed E-state index contributed by atoms with van der Waals surface area (Å²) in [4.78, 5) is 85.3. The molecule has 6 atom stereocenters. The number of ketones is 1. The van der Waals surface area contributed by atoms with Crippen molar-refractivity contribution in [3.05, 3.63) is 29.8 Å². The molecule has 1 saturated heterocycles. The lowest BCUT2D eigenvalue weighted by Gasteiger charge is -2.36. The maximum Gasteiger partial charge on any atom is 0.329 e. The van der Waals surface area contributed by atoms with Crippen molar-refractivity contribution in [1.29, 1.82) is 0 Å². The highest BCUT2D eigenvalue weighted by Gasteiger charge is 2.43. The number of carbonyl (C=O) groups is 6. The first-order chi connectivity index (χ1) is 22.5. The van der Waals surface area contributed by atoms with Crippen LogP contribution in [0.25, 0.3) is 0 Å². The van der Waals surface area contributed by atoms with Gasteiger partial charge >= 0.3 is 5.97 Å². The van der Waals surface area contributed by atoms with Crippen LogP contribution in [0.3, 0.4) is 0 Å². The molecule has 48 heavy (non-hydrogen) atoms. The average Bonchev–Trinajstić information content (AvgIpc) is 3.03. The quantitative estimate of drug-likeness (QED) is 0.316. The van der Waals surface area contributed by atoms with Crippen molar-refractivity contribution < 1.29 is 38.2 Å². The highest BCUT2D eigenvalue weighted by Crippen LogP contribution is 2.26. The maximum atomic E-state index is 14.0. The van der Waals surface area contributed by atoms with E-state index in [1.54, 1.807) is 79.8 Å². The van der Waals surface area contributed by atoms with E-state index in [-0.39, 0.29) is 12.2 Å². The summed E-state index contributed by atoms with van der Waals surface area (Å²) in [5, 5.41) is 5.55. The molecule has 0 spiro atoms. The van der Waals surface area contributed by atoms with Crippen LogP contribution in [0.2, 0.25) is 0 Å². The number of likely N-dealkylation sites (N-methyl/N-ethyl adjacent to an activating group) is 2. The second-order valence-corrected chi connectivity index (χ2v) is 13.8. The Kier molecular flexibility index (Phi) is 15.1. The minimum atomic E-state index is -1.28. The lowest BCUT2D eigenvalue weighted by atomic mass is 9.80.